The topological polar surface area (TPSA) is 37.2 Å². The Labute approximate surface area is 159 Å². The summed E-state index contributed by atoms with van der Waals surface area (Å²) in [6.07, 6.45) is 2.99. The van der Waals surface area contributed by atoms with Gasteiger partial charge in [0.25, 0.3) is 0 Å². The van der Waals surface area contributed by atoms with Gasteiger partial charge in [-0.2, -0.15) is 5.10 Å². The van der Waals surface area contributed by atoms with Crippen molar-refractivity contribution in [3.63, 3.8) is 0 Å². The van der Waals surface area contributed by atoms with Gasteiger partial charge in [-0.25, -0.2) is 4.98 Å². The lowest BCUT2D eigenvalue weighted by atomic mass is 10.1. The van der Waals surface area contributed by atoms with Gasteiger partial charge in [0.05, 0.1) is 17.3 Å². The molecule has 0 bridgehead atoms. The van der Waals surface area contributed by atoms with Crippen LogP contribution in [0.25, 0.3) is 11.0 Å². The van der Waals surface area contributed by atoms with Crippen molar-refractivity contribution in [1.29, 1.82) is 0 Å². The maximum Gasteiger partial charge on any atom is 0.161 e. The predicted molar refractivity (Wildman–Crippen MR) is 107 cm³/mol. The molecule has 6 heteroatoms. The molecule has 0 saturated carbocycles. The van der Waals surface area contributed by atoms with Crippen molar-refractivity contribution in [1.82, 2.24) is 19.7 Å². The van der Waals surface area contributed by atoms with E-state index < -0.39 is 0 Å². The average molecular weight is 370 g/mol. The summed E-state index contributed by atoms with van der Waals surface area (Å²) in [4.78, 5) is 9.47. The van der Waals surface area contributed by atoms with Crippen LogP contribution in [-0.4, -0.2) is 45.3 Å². The predicted octanol–water partition coefficient (Wildman–Crippen LogP) is 3.72. The van der Waals surface area contributed by atoms with Gasteiger partial charge in [-0.15, -0.1) is 0 Å². The standard InChI is InChI=1S/C20H24ClN5/c1-3-16-14-25(13-15-7-5-4-6-8-15)9-10-26(16)18-11-19(21)23-20-17(18)12-22-24(20)2/h4-8,11-12,16H,3,9-10,13-14H2,1-2H3/t16-/m0/s1. The SMILES string of the molecule is CC[C@H]1CN(Cc2ccccc2)CCN1c1cc(Cl)nc2c1cnn2C. The maximum absolute atomic E-state index is 6.31. The monoisotopic (exact) mass is 369 g/mol. The Morgan fingerprint density at radius 3 is 2.77 bits per heavy atom. The molecule has 0 unspecified atom stereocenters. The lowest BCUT2D eigenvalue weighted by Gasteiger charge is -2.43. The van der Waals surface area contributed by atoms with Gasteiger partial charge in [-0.1, -0.05) is 48.9 Å². The van der Waals surface area contributed by atoms with E-state index in [9.17, 15) is 0 Å². The number of pyridine rings is 1. The molecule has 0 N–H and O–H groups in total. The van der Waals surface area contributed by atoms with Crippen molar-refractivity contribution in [2.75, 3.05) is 24.5 Å². The fraction of sp³-hybridized carbons (Fsp3) is 0.400. The van der Waals surface area contributed by atoms with Crippen LogP contribution in [0.15, 0.2) is 42.6 Å². The molecule has 0 amide bonds. The number of piperazine rings is 1. The van der Waals surface area contributed by atoms with E-state index in [0.717, 1.165) is 49.3 Å². The molecule has 26 heavy (non-hydrogen) atoms. The first-order valence-corrected chi connectivity index (χ1v) is 9.54. The van der Waals surface area contributed by atoms with E-state index in [1.54, 1.807) is 4.68 Å². The van der Waals surface area contributed by atoms with Crippen molar-refractivity contribution in [2.45, 2.75) is 25.9 Å². The van der Waals surface area contributed by atoms with E-state index in [4.69, 9.17) is 11.6 Å². The Bertz CT molecular complexity index is 892. The average Bonchev–Trinajstić information content (AvgIpc) is 3.03. The molecule has 1 aliphatic rings. The molecular formula is C20H24ClN5. The van der Waals surface area contributed by atoms with Crippen molar-refractivity contribution < 1.29 is 0 Å². The Balaban J connectivity index is 1.59. The first-order valence-electron chi connectivity index (χ1n) is 9.17. The number of nitrogens with zero attached hydrogens (tertiary/aromatic N) is 5. The van der Waals surface area contributed by atoms with Gasteiger partial charge in [0, 0.05) is 39.3 Å². The lowest BCUT2D eigenvalue weighted by Crippen LogP contribution is -2.52. The summed E-state index contributed by atoms with van der Waals surface area (Å²) in [6.45, 7) is 6.33. The van der Waals surface area contributed by atoms with E-state index in [1.165, 1.54) is 5.56 Å². The van der Waals surface area contributed by atoms with E-state index in [-0.39, 0.29) is 0 Å². The fourth-order valence-electron chi connectivity index (χ4n) is 3.88. The quantitative estimate of drug-likeness (QED) is 0.657. The molecule has 0 aliphatic carbocycles. The second-order valence-corrected chi connectivity index (χ2v) is 7.33. The Hall–Kier alpha value is -2.11. The number of fused-ring (bicyclic) bond motifs is 1. The van der Waals surface area contributed by atoms with Crippen LogP contribution in [0.3, 0.4) is 0 Å². The molecule has 0 spiro atoms. The van der Waals surface area contributed by atoms with Crippen molar-refractivity contribution >= 4 is 28.3 Å². The van der Waals surface area contributed by atoms with E-state index in [0.29, 0.717) is 11.2 Å². The third-order valence-corrected chi connectivity index (χ3v) is 5.44. The second-order valence-electron chi connectivity index (χ2n) is 6.95. The first-order chi connectivity index (χ1) is 12.7. The lowest BCUT2D eigenvalue weighted by molar-refractivity contribution is 0.212. The Morgan fingerprint density at radius 1 is 1.19 bits per heavy atom. The number of aryl methyl sites for hydroxylation is 1. The van der Waals surface area contributed by atoms with Crippen LogP contribution >= 0.6 is 11.6 Å². The van der Waals surface area contributed by atoms with Crippen LogP contribution in [0.1, 0.15) is 18.9 Å². The molecule has 1 aromatic carbocycles. The number of halogens is 1. The van der Waals surface area contributed by atoms with Crippen LogP contribution in [0.5, 0.6) is 0 Å². The molecule has 1 fully saturated rings. The van der Waals surface area contributed by atoms with Crippen LogP contribution < -0.4 is 4.90 Å². The summed E-state index contributed by atoms with van der Waals surface area (Å²) in [6, 6.07) is 13.1. The second kappa shape index (κ2) is 7.25. The van der Waals surface area contributed by atoms with Crippen molar-refractivity contribution in [3.05, 3.63) is 53.3 Å². The minimum absolute atomic E-state index is 0.453. The zero-order valence-corrected chi connectivity index (χ0v) is 16.0. The Morgan fingerprint density at radius 2 is 2.00 bits per heavy atom. The number of aromatic nitrogens is 3. The first kappa shape index (κ1) is 17.3. The normalized spacial score (nSPS) is 18.6. The summed E-state index contributed by atoms with van der Waals surface area (Å²) in [5.41, 5.74) is 3.37. The third-order valence-electron chi connectivity index (χ3n) is 5.25. The highest BCUT2D eigenvalue weighted by Gasteiger charge is 2.28. The number of rotatable bonds is 4. The molecule has 136 valence electrons. The van der Waals surface area contributed by atoms with Crippen LogP contribution in [0.4, 0.5) is 5.69 Å². The molecule has 1 saturated heterocycles. The molecular weight excluding hydrogens is 346 g/mol. The van der Waals surface area contributed by atoms with Gasteiger partial charge in [-0.3, -0.25) is 9.58 Å². The molecule has 3 aromatic rings. The number of hydrogen-bond acceptors (Lipinski definition) is 4. The van der Waals surface area contributed by atoms with Gasteiger partial charge >= 0.3 is 0 Å². The van der Waals surface area contributed by atoms with Crippen LogP contribution in [0.2, 0.25) is 5.15 Å². The minimum atomic E-state index is 0.453. The number of benzene rings is 1. The van der Waals surface area contributed by atoms with Crippen molar-refractivity contribution in [3.8, 4) is 0 Å². The van der Waals surface area contributed by atoms with Gasteiger partial charge in [-0.05, 0) is 18.1 Å². The molecule has 2 aromatic heterocycles. The largest absolute Gasteiger partial charge is 0.365 e. The minimum Gasteiger partial charge on any atom is -0.365 e. The summed E-state index contributed by atoms with van der Waals surface area (Å²) >= 11 is 6.31. The molecule has 5 nitrogen and oxygen atoms in total. The van der Waals surface area contributed by atoms with Gasteiger partial charge in [0.15, 0.2) is 5.65 Å². The maximum atomic E-state index is 6.31. The van der Waals surface area contributed by atoms with Crippen LogP contribution in [-0.2, 0) is 13.6 Å². The Kier molecular flexibility index (Phi) is 4.83. The molecule has 1 atom stereocenters. The fourth-order valence-corrected chi connectivity index (χ4v) is 4.06. The summed E-state index contributed by atoms with van der Waals surface area (Å²) in [7, 11) is 1.91. The summed E-state index contributed by atoms with van der Waals surface area (Å²) < 4.78 is 1.79. The highest BCUT2D eigenvalue weighted by molar-refractivity contribution is 6.30. The number of anilines is 1. The highest BCUT2D eigenvalue weighted by atomic mass is 35.5. The van der Waals surface area contributed by atoms with E-state index >= 15 is 0 Å². The summed E-state index contributed by atoms with van der Waals surface area (Å²) in [5, 5.41) is 5.97. The third kappa shape index (κ3) is 3.29. The molecule has 3 heterocycles. The van der Waals surface area contributed by atoms with Crippen LogP contribution in [0, 0.1) is 0 Å². The van der Waals surface area contributed by atoms with E-state index in [1.807, 2.05) is 19.3 Å². The smallest absolute Gasteiger partial charge is 0.161 e. The van der Waals surface area contributed by atoms with Gasteiger partial charge in [0.1, 0.15) is 5.15 Å². The van der Waals surface area contributed by atoms with Gasteiger partial charge < -0.3 is 4.90 Å². The van der Waals surface area contributed by atoms with E-state index in [2.05, 4.69) is 57.1 Å². The molecule has 0 radical (unpaired) electrons. The zero-order valence-electron chi connectivity index (χ0n) is 15.3. The molecule has 4 rings (SSSR count). The highest BCUT2D eigenvalue weighted by Crippen LogP contribution is 2.32. The zero-order chi connectivity index (χ0) is 18.1. The van der Waals surface area contributed by atoms with Gasteiger partial charge in [0.2, 0.25) is 0 Å². The number of hydrogen-bond donors (Lipinski definition) is 0. The molecule has 1 aliphatic heterocycles. The van der Waals surface area contributed by atoms with Crippen molar-refractivity contribution in [2.24, 2.45) is 7.05 Å². The summed E-state index contributed by atoms with van der Waals surface area (Å²) in [5.74, 6) is 0.